The quantitative estimate of drug-likeness (QED) is 0.443. The first kappa shape index (κ1) is 20.7. The number of nitrogens with one attached hydrogen (secondary N) is 1. The summed E-state index contributed by atoms with van der Waals surface area (Å²) in [5.41, 5.74) is 9.99. The number of rotatable bonds is 7. The predicted octanol–water partition coefficient (Wildman–Crippen LogP) is 4.23. The Hall–Kier alpha value is -3.54. The maximum atomic E-state index is 13.1. The van der Waals surface area contributed by atoms with E-state index in [1.54, 1.807) is 31.4 Å². The van der Waals surface area contributed by atoms with E-state index >= 15 is 0 Å². The summed E-state index contributed by atoms with van der Waals surface area (Å²) in [4.78, 5) is 19.6. The van der Waals surface area contributed by atoms with Crippen molar-refractivity contribution in [2.24, 2.45) is 5.92 Å². The van der Waals surface area contributed by atoms with Gasteiger partial charge in [0.25, 0.3) is 0 Å². The minimum absolute atomic E-state index is 0.0510. The number of hydrogen-bond acceptors (Lipinski definition) is 6. The molecule has 0 radical (unpaired) electrons. The summed E-state index contributed by atoms with van der Waals surface area (Å²) < 4.78 is 5.19. The molecule has 3 N–H and O–H groups in total. The van der Waals surface area contributed by atoms with Crippen LogP contribution in [0.25, 0.3) is 0 Å². The molecule has 4 rings (SSSR count). The second-order valence-electron chi connectivity index (χ2n) is 7.84. The van der Waals surface area contributed by atoms with E-state index in [0.29, 0.717) is 22.7 Å². The first-order chi connectivity index (χ1) is 15.2. The Bertz CT molecular complexity index is 1010. The predicted molar refractivity (Wildman–Crippen MR) is 125 cm³/mol. The van der Waals surface area contributed by atoms with E-state index < -0.39 is 0 Å². The summed E-state index contributed by atoms with van der Waals surface area (Å²) in [6, 6.07) is 16.7. The molecule has 1 aliphatic heterocycles. The van der Waals surface area contributed by atoms with Crippen molar-refractivity contribution in [1.82, 2.24) is 4.98 Å². The number of pyridine rings is 1. The summed E-state index contributed by atoms with van der Waals surface area (Å²) in [5.74, 6) is 1.20. The summed E-state index contributed by atoms with van der Waals surface area (Å²) in [7, 11) is 1.61. The summed E-state index contributed by atoms with van der Waals surface area (Å²) in [6.45, 7) is 2.82. The Labute approximate surface area is 183 Å². The van der Waals surface area contributed by atoms with E-state index in [1.807, 2.05) is 30.6 Å². The molecule has 6 heteroatoms. The van der Waals surface area contributed by atoms with Crippen molar-refractivity contribution >= 4 is 22.8 Å². The smallest absolute Gasteiger partial charge is 0.195 e. The average molecular weight is 417 g/mol. The number of nitrogen functional groups attached to an aromatic ring is 1. The number of nitrogens with zero attached hydrogens (tertiary/aromatic N) is 2. The fraction of sp³-hybridized carbons (Fsp3) is 0.280. The highest BCUT2D eigenvalue weighted by Gasteiger charge is 2.21. The fourth-order valence-corrected chi connectivity index (χ4v) is 4.05. The molecule has 1 aliphatic rings. The van der Waals surface area contributed by atoms with Crippen molar-refractivity contribution < 1.29 is 9.53 Å². The number of ketones is 1. The Kier molecular flexibility index (Phi) is 6.36. The highest BCUT2D eigenvalue weighted by Crippen LogP contribution is 2.29. The summed E-state index contributed by atoms with van der Waals surface area (Å²) in [5, 5.41) is 3.48. The molecule has 0 atom stereocenters. The molecule has 1 fully saturated rings. The van der Waals surface area contributed by atoms with E-state index in [0.717, 1.165) is 43.9 Å². The average Bonchev–Trinajstić information content (AvgIpc) is 2.83. The zero-order valence-corrected chi connectivity index (χ0v) is 17.8. The molecule has 160 valence electrons. The van der Waals surface area contributed by atoms with Crippen LogP contribution in [0.3, 0.4) is 0 Å². The zero-order valence-electron chi connectivity index (χ0n) is 17.8. The van der Waals surface area contributed by atoms with Crippen molar-refractivity contribution in [2.45, 2.75) is 12.8 Å². The van der Waals surface area contributed by atoms with Gasteiger partial charge in [0.2, 0.25) is 0 Å². The lowest BCUT2D eigenvalue weighted by Crippen LogP contribution is -2.36. The molecule has 0 amide bonds. The van der Waals surface area contributed by atoms with Crippen molar-refractivity contribution in [2.75, 3.05) is 42.7 Å². The van der Waals surface area contributed by atoms with Crippen LogP contribution in [0.2, 0.25) is 0 Å². The number of anilines is 3. The number of ether oxygens (including phenoxy) is 1. The second-order valence-corrected chi connectivity index (χ2v) is 7.84. The normalized spacial score (nSPS) is 14.3. The fourth-order valence-electron chi connectivity index (χ4n) is 4.05. The van der Waals surface area contributed by atoms with Crippen LogP contribution >= 0.6 is 0 Å². The lowest BCUT2D eigenvalue weighted by molar-refractivity contribution is 0.103. The van der Waals surface area contributed by atoms with Crippen LogP contribution in [0.1, 0.15) is 28.8 Å². The van der Waals surface area contributed by atoms with Gasteiger partial charge in [0.05, 0.1) is 18.5 Å². The second kappa shape index (κ2) is 9.51. The van der Waals surface area contributed by atoms with E-state index in [9.17, 15) is 4.79 Å². The Morgan fingerprint density at radius 3 is 2.48 bits per heavy atom. The molecule has 0 bridgehead atoms. The van der Waals surface area contributed by atoms with Crippen molar-refractivity contribution in [3.63, 3.8) is 0 Å². The number of para-hydroxylation sites is 1. The molecule has 0 spiro atoms. The van der Waals surface area contributed by atoms with Crippen LogP contribution < -0.4 is 20.7 Å². The number of hydrogen-bond donors (Lipinski definition) is 2. The molecule has 2 aromatic carbocycles. The van der Waals surface area contributed by atoms with Gasteiger partial charge in [-0.3, -0.25) is 9.78 Å². The van der Waals surface area contributed by atoms with Crippen LogP contribution in [0.15, 0.2) is 67.0 Å². The van der Waals surface area contributed by atoms with E-state index in [2.05, 4.69) is 27.3 Å². The maximum Gasteiger partial charge on any atom is 0.195 e. The van der Waals surface area contributed by atoms with Gasteiger partial charge in [-0.25, -0.2) is 0 Å². The van der Waals surface area contributed by atoms with Crippen LogP contribution in [0.4, 0.5) is 17.1 Å². The van der Waals surface area contributed by atoms with Crippen molar-refractivity contribution in [1.29, 1.82) is 0 Å². The number of piperidine rings is 1. The molecule has 1 saturated heterocycles. The minimum atomic E-state index is -0.0510. The lowest BCUT2D eigenvalue weighted by atomic mass is 9.95. The molecule has 0 saturated carbocycles. The van der Waals surface area contributed by atoms with Crippen molar-refractivity contribution in [3.05, 3.63) is 78.1 Å². The van der Waals surface area contributed by atoms with Gasteiger partial charge in [-0.15, -0.1) is 0 Å². The number of carbonyl (C=O) groups excluding carboxylic acids is 1. The Morgan fingerprint density at radius 1 is 1.10 bits per heavy atom. The van der Waals surface area contributed by atoms with Gasteiger partial charge < -0.3 is 20.7 Å². The third-order valence-electron chi connectivity index (χ3n) is 5.90. The standard InChI is InChI=1S/C25H28N4O2/c1-31-21-7-5-19(6-8-21)25(30)22-3-2-4-23(26)24(22)28-17-18-11-15-29(16-12-18)20-9-13-27-14-10-20/h2-10,13-14,18,28H,11-12,15-17,26H2,1H3. The Morgan fingerprint density at radius 2 is 1.81 bits per heavy atom. The number of methoxy groups -OCH3 is 1. The zero-order chi connectivity index (χ0) is 21.6. The highest BCUT2D eigenvalue weighted by molar-refractivity contribution is 6.13. The maximum absolute atomic E-state index is 13.1. The molecule has 31 heavy (non-hydrogen) atoms. The summed E-state index contributed by atoms with van der Waals surface area (Å²) in [6.07, 6.45) is 5.85. The third-order valence-corrected chi connectivity index (χ3v) is 5.90. The van der Waals surface area contributed by atoms with E-state index in [1.165, 1.54) is 5.69 Å². The molecule has 0 unspecified atom stereocenters. The molecule has 6 nitrogen and oxygen atoms in total. The molecular weight excluding hydrogens is 388 g/mol. The van der Waals surface area contributed by atoms with Gasteiger partial charge in [-0.05, 0) is 67.3 Å². The van der Waals surface area contributed by atoms with Crippen LogP contribution in [-0.4, -0.2) is 37.5 Å². The molecule has 1 aromatic heterocycles. The third kappa shape index (κ3) is 4.79. The number of nitrogens with two attached hydrogens (primary N) is 1. The van der Waals surface area contributed by atoms with E-state index in [-0.39, 0.29) is 5.78 Å². The van der Waals surface area contributed by atoms with Crippen LogP contribution in [0, 0.1) is 5.92 Å². The summed E-state index contributed by atoms with van der Waals surface area (Å²) >= 11 is 0. The van der Waals surface area contributed by atoms with Gasteiger partial charge in [0.15, 0.2) is 5.78 Å². The first-order valence-electron chi connectivity index (χ1n) is 10.6. The van der Waals surface area contributed by atoms with Gasteiger partial charge in [0, 0.05) is 48.8 Å². The number of aromatic nitrogens is 1. The topological polar surface area (TPSA) is 80.5 Å². The van der Waals surface area contributed by atoms with Gasteiger partial charge in [-0.2, -0.15) is 0 Å². The largest absolute Gasteiger partial charge is 0.497 e. The van der Waals surface area contributed by atoms with E-state index in [4.69, 9.17) is 10.5 Å². The van der Waals surface area contributed by atoms with Crippen LogP contribution in [-0.2, 0) is 0 Å². The van der Waals surface area contributed by atoms with Gasteiger partial charge in [0.1, 0.15) is 5.75 Å². The van der Waals surface area contributed by atoms with Crippen LogP contribution in [0.5, 0.6) is 5.75 Å². The Balaban J connectivity index is 1.41. The first-order valence-corrected chi connectivity index (χ1v) is 10.6. The monoisotopic (exact) mass is 416 g/mol. The number of benzene rings is 2. The van der Waals surface area contributed by atoms with Crippen molar-refractivity contribution in [3.8, 4) is 5.75 Å². The highest BCUT2D eigenvalue weighted by atomic mass is 16.5. The molecular formula is C25H28N4O2. The van der Waals surface area contributed by atoms with Gasteiger partial charge in [-0.1, -0.05) is 6.07 Å². The molecule has 0 aliphatic carbocycles. The SMILES string of the molecule is COc1ccc(C(=O)c2cccc(N)c2NCC2CCN(c3ccncc3)CC2)cc1. The molecule has 2 heterocycles. The van der Waals surface area contributed by atoms with Gasteiger partial charge >= 0.3 is 0 Å². The number of carbonyl (C=O) groups is 1. The molecule has 3 aromatic rings. The lowest BCUT2D eigenvalue weighted by Gasteiger charge is -2.34. The minimum Gasteiger partial charge on any atom is -0.497 e.